The molecule has 0 saturated heterocycles. The number of nitrogens with zero attached hydrogens (tertiary/aromatic N) is 1. The van der Waals surface area contributed by atoms with Crippen molar-refractivity contribution >= 4 is 6.72 Å². The Kier molecular flexibility index (Phi) is 17.8. The highest BCUT2D eigenvalue weighted by Crippen LogP contribution is 2.22. The number of rotatable bonds is 5. The molecule has 0 atom stereocenters. The Bertz CT molecular complexity index is 386. The molecule has 0 unspecified atom stereocenters. The molecule has 0 amide bonds. The third kappa shape index (κ3) is 20.5. The lowest BCUT2D eigenvalue weighted by atomic mass is 9.93. The van der Waals surface area contributed by atoms with Gasteiger partial charge in [-0.15, -0.1) is 13.2 Å². The lowest BCUT2D eigenvalue weighted by molar-refractivity contribution is 0.478. The summed E-state index contributed by atoms with van der Waals surface area (Å²) < 4.78 is 0. The Hall–Kier alpha value is -1.83. The smallest absolute Gasteiger partial charge is 0.0566 e. The van der Waals surface area contributed by atoms with Gasteiger partial charge in [0.05, 0.1) is 5.70 Å². The topological polar surface area (TPSA) is 24.4 Å². The van der Waals surface area contributed by atoms with Crippen LogP contribution in [-0.4, -0.2) is 6.72 Å². The van der Waals surface area contributed by atoms with Crippen molar-refractivity contribution in [2.45, 2.75) is 54.9 Å². The summed E-state index contributed by atoms with van der Waals surface area (Å²) in [5.41, 5.74) is 3.13. The van der Waals surface area contributed by atoms with E-state index in [2.05, 4.69) is 64.5 Å². The highest BCUT2D eigenvalue weighted by molar-refractivity contribution is 5.31. The normalized spacial score (nSPS) is 9.86. The van der Waals surface area contributed by atoms with Crippen LogP contribution in [0, 0.1) is 5.41 Å². The minimum absolute atomic E-state index is 0.0374. The van der Waals surface area contributed by atoms with E-state index in [0.29, 0.717) is 0 Å². The zero-order valence-electron chi connectivity index (χ0n) is 15.8. The summed E-state index contributed by atoms with van der Waals surface area (Å²) in [4.78, 5) is 3.76. The van der Waals surface area contributed by atoms with E-state index in [1.54, 1.807) is 12.3 Å². The van der Waals surface area contributed by atoms with Crippen LogP contribution in [-0.2, 0) is 0 Å². The summed E-state index contributed by atoms with van der Waals surface area (Å²) in [6.07, 6.45) is 8.43. The molecule has 0 heterocycles. The third-order valence-corrected chi connectivity index (χ3v) is 2.16. The molecular weight excluding hydrogens is 268 g/mol. The summed E-state index contributed by atoms with van der Waals surface area (Å²) in [6.45, 7) is 28.7. The van der Waals surface area contributed by atoms with Gasteiger partial charge in [-0.05, 0) is 40.0 Å². The largest absolute Gasteiger partial charge is 0.358 e. The van der Waals surface area contributed by atoms with Crippen LogP contribution in [0.25, 0.3) is 0 Å². The van der Waals surface area contributed by atoms with Crippen molar-refractivity contribution in [3.63, 3.8) is 0 Å². The summed E-state index contributed by atoms with van der Waals surface area (Å²) in [5, 5.41) is 3.25. The van der Waals surface area contributed by atoms with Crippen molar-refractivity contribution in [3.8, 4) is 0 Å². The zero-order chi connectivity index (χ0) is 18.2. The van der Waals surface area contributed by atoms with Crippen molar-refractivity contribution < 1.29 is 0 Å². The van der Waals surface area contributed by atoms with Gasteiger partial charge in [0.1, 0.15) is 0 Å². The first-order valence-corrected chi connectivity index (χ1v) is 7.55. The van der Waals surface area contributed by atoms with E-state index in [-0.39, 0.29) is 5.41 Å². The van der Waals surface area contributed by atoms with Crippen LogP contribution in [0.1, 0.15) is 54.9 Å². The second-order valence-electron chi connectivity index (χ2n) is 5.95. The first kappa shape index (κ1) is 25.1. The first-order valence-electron chi connectivity index (χ1n) is 7.55. The zero-order valence-corrected chi connectivity index (χ0v) is 15.8. The van der Waals surface area contributed by atoms with Crippen LogP contribution >= 0.6 is 0 Å². The molecule has 22 heavy (non-hydrogen) atoms. The van der Waals surface area contributed by atoms with E-state index in [4.69, 9.17) is 0 Å². The van der Waals surface area contributed by atoms with Gasteiger partial charge in [0, 0.05) is 17.3 Å². The molecule has 1 N–H and O–H groups in total. The average Bonchev–Trinajstić information content (AvgIpc) is 2.38. The van der Waals surface area contributed by atoms with Gasteiger partial charge in [-0.3, -0.25) is 4.99 Å². The van der Waals surface area contributed by atoms with E-state index in [1.807, 2.05) is 32.9 Å². The van der Waals surface area contributed by atoms with Crippen LogP contribution in [0.4, 0.5) is 0 Å². The molecule has 0 rings (SSSR count). The predicted octanol–water partition coefficient (Wildman–Crippen LogP) is 6.42. The van der Waals surface area contributed by atoms with E-state index in [9.17, 15) is 0 Å². The molecule has 0 aromatic carbocycles. The summed E-state index contributed by atoms with van der Waals surface area (Å²) in [5.74, 6) is 0. The monoisotopic (exact) mass is 304 g/mol. The maximum atomic E-state index is 4.01. The fraction of sp³-hybridized carbons (Fsp3) is 0.450. The third-order valence-electron chi connectivity index (χ3n) is 2.16. The summed E-state index contributed by atoms with van der Waals surface area (Å²) >= 11 is 0. The molecule has 0 aromatic rings. The number of allylic oxidation sites excluding steroid dienone is 5. The number of hydrogen-bond donors (Lipinski definition) is 1. The molecule has 0 saturated carbocycles. The molecule has 0 radical (unpaired) electrons. The standard InChI is InChI=1S/C13H22N2.C4H8.C3H6/c1-10(2)8-12(9-14-7)15-11(3)13(4,5)6;1-3-4-2;1-3-2/h8-9,15H,3,7H2,1-2,4-6H3;3H,1,4H2,2H3;3H,1H2,2H3/b12-9+;;. The van der Waals surface area contributed by atoms with Crippen LogP contribution in [0.15, 0.2) is 66.1 Å². The Labute approximate surface area is 139 Å². The van der Waals surface area contributed by atoms with E-state index in [1.165, 1.54) is 5.57 Å². The van der Waals surface area contributed by atoms with Crippen LogP contribution in [0.2, 0.25) is 0 Å². The van der Waals surface area contributed by atoms with Crippen molar-refractivity contribution in [1.29, 1.82) is 0 Å². The van der Waals surface area contributed by atoms with Crippen LogP contribution in [0.5, 0.6) is 0 Å². The second-order valence-corrected chi connectivity index (χ2v) is 5.95. The maximum Gasteiger partial charge on any atom is 0.0566 e. The molecule has 2 nitrogen and oxygen atoms in total. The summed E-state index contributed by atoms with van der Waals surface area (Å²) in [6, 6.07) is 0. The Morgan fingerprint density at radius 3 is 1.82 bits per heavy atom. The van der Waals surface area contributed by atoms with Gasteiger partial charge < -0.3 is 5.32 Å². The van der Waals surface area contributed by atoms with E-state index >= 15 is 0 Å². The lowest BCUT2D eigenvalue weighted by Crippen LogP contribution is -2.22. The lowest BCUT2D eigenvalue weighted by Gasteiger charge is -2.23. The van der Waals surface area contributed by atoms with E-state index < -0.39 is 0 Å². The van der Waals surface area contributed by atoms with Gasteiger partial charge in [0.2, 0.25) is 0 Å². The maximum absolute atomic E-state index is 4.01. The highest BCUT2D eigenvalue weighted by Gasteiger charge is 2.14. The SMILES string of the molecule is C=CC.C=CCC.C=N/C=C(\C=C(C)C)NC(=C)C(C)(C)C. The predicted molar refractivity (Wildman–Crippen MR) is 105 cm³/mol. The average molecular weight is 305 g/mol. The molecule has 0 bridgehead atoms. The van der Waals surface area contributed by atoms with Gasteiger partial charge in [-0.1, -0.05) is 52.0 Å². The van der Waals surface area contributed by atoms with Crippen LogP contribution < -0.4 is 5.32 Å². The molecule has 0 spiro atoms. The fourth-order valence-electron chi connectivity index (χ4n) is 0.877. The fourth-order valence-corrected chi connectivity index (χ4v) is 0.877. The summed E-state index contributed by atoms with van der Waals surface area (Å²) in [7, 11) is 0. The molecular formula is C20H36N2. The van der Waals surface area contributed by atoms with Gasteiger partial charge in [-0.2, -0.15) is 0 Å². The second kappa shape index (κ2) is 15.6. The number of aliphatic imine (C=N–C) groups is 1. The molecule has 0 aliphatic carbocycles. The van der Waals surface area contributed by atoms with Gasteiger partial charge in [-0.25, -0.2) is 0 Å². The first-order chi connectivity index (χ1) is 10.1. The van der Waals surface area contributed by atoms with Gasteiger partial charge in [0.15, 0.2) is 0 Å². The van der Waals surface area contributed by atoms with Crippen molar-refractivity contribution in [3.05, 3.63) is 61.1 Å². The van der Waals surface area contributed by atoms with Crippen molar-refractivity contribution in [2.24, 2.45) is 10.4 Å². The minimum atomic E-state index is 0.0374. The molecule has 0 fully saturated rings. The highest BCUT2D eigenvalue weighted by atomic mass is 14.9. The molecule has 0 aromatic heterocycles. The molecule has 0 aliphatic heterocycles. The Balaban J connectivity index is -0.000000432. The van der Waals surface area contributed by atoms with Gasteiger partial charge in [0.25, 0.3) is 0 Å². The Morgan fingerprint density at radius 1 is 1.18 bits per heavy atom. The number of hydrogen-bond acceptors (Lipinski definition) is 2. The van der Waals surface area contributed by atoms with Crippen LogP contribution in [0.3, 0.4) is 0 Å². The van der Waals surface area contributed by atoms with Gasteiger partial charge >= 0.3 is 0 Å². The number of nitrogens with one attached hydrogen (secondary N) is 1. The van der Waals surface area contributed by atoms with E-state index in [0.717, 1.165) is 17.8 Å². The van der Waals surface area contributed by atoms with Crippen molar-refractivity contribution in [2.75, 3.05) is 0 Å². The molecule has 0 aliphatic rings. The molecule has 126 valence electrons. The minimum Gasteiger partial charge on any atom is -0.358 e. The van der Waals surface area contributed by atoms with Crippen molar-refractivity contribution in [1.82, 2.24) is 5.32 Å². The quantitative estimate of drug-likeness (QED) is 0.354. The molecule has 2 heteroatoms. The Morgan fingerprint density at radius 2 is 1.59 bits per heavy atom.